The number of aromatic amines is 1. The highest BCUT2D eigenvalue weighted by molar-refractivity contribution is 8.00. The van der Waals surface area contributed by atoms with Crippen LogP contribution in [0.2, 0.25) is 0 Å². The normalized spacial score (nSPS) is 12.5. The average Bonchev–Trinajstić information content (AvgIpc) is 3.02. The molecular weight excluding hydrogens is 330 g/mol. The Labute approximate surface area is 152 Å². The topological polar surface area (TPSA) is 57.8 Å². The van der Waals surface area contributed by atoms with E-state index in [1.807, 2.05) is 36.4 Å². The first kappa shape index (κ1) is 17.5. The summed E-state index contributed by atoms with van der Waals surface area (Å²) in [6, 6.07) is 16.0. The van der Waals surface area contributed by atoms with Crippen molar-refractivity contribution in [3.05, 3.63) is 59.9 Å². The maximum absolute atomic E-state index is 12.4. The fourth-order valence-corrected chi connectivity index (χ4v) is 3.38. The lowest BCUT2D eigenvalue weighted by Gasteiger charge is -2.20. The monoisotopic (exact) mass is 353 g/mol. The maximum atomic E-state index is 12.4. The van der Waals surface area contributed by atoms with Crippen LogP contribution in [0.15, 0.2) is 53.4 Å². The number of thioether (sulfide) groups is 1. The molecule has 2 N–H and O–H groups in total. The van der Waals surface area contributed by atoms with Gasteiger partial charge in [-0.1, -0.05) is 43.7 Å². The zero-order chi connectivity index (χ0) is 17.8. The van der Waals surface area contributed by atoms with Crippen LogP contribution in [-0.2, 0) is 4.79 Å². The molecule has 0 saturated heterocycles. The largest absolute Gasteiger partial charge is 0.345 e. The quantitative estimate of drug-likeness (QED) is 0.643. The molecule has 0 aliphatic carbocycles. The van der Waals surface area contributed by atoms with Crippen LogP contribution in [0.4, 0.5) is 0 Å². The Kier molecular flexibility index (Phi) is 5.43. The van der Waals surface area contributed by atoms with Gasteiger partial charge in [0.2, 0.25) is 5.91 Å². The Hall–Kier alpha value is -2.27. The summed E-state index contributed by atoms with van der Waals surface area (Å²) in [6.07, 6.45) is 0. The second-order valence-electron chi connectivity index (χ2n) is 6.53. The molecule has 130 valence electrons. The first-order valence-electron chi connectivity index (χ1n) is 8.46. The van der Waals surface area contributed by atoms with E-state index in [0.29, 0.717) is 5.75 Å². The zero-order valence-corrected chi connectivity index (χ0v) is 15.6. The Bertz CT molecular complexity index is 822. The lowest BCUT2D eigenvalue weighted by atomic mass is 10.0. The summed E-state index contributed by atoms with van der Waals surface area (Å²) in [5.41, 5.74) is 3.14. The molecule has 1 heterocycles. The first-order valence-corrected chi connectivity index (χ1v) is 9.45. The van der Waals surface area contributed by atoms with Gasteiger partial charge in [0.05, 0.1) is 22.8 Å². The van der Waals surface area contributed by atoms with E-state index in [4.69, 9.17) is 0 Å². The van der Waals surface area contributed by atoms with E-state index < -0.39 is 0 Å². The molecule has 1 unspecified atom stereocenters. The van der Waals surface area contributed by atoms with Crippen molar-refractivity contribution in [3.63, 3.8) is 0 Å². The van der Waals surface area contributed by atoms with Crippen molar-refractivity contribution >= 4 is 28.7 Å². The molecule has 0 radical (unpaired) electrons. The lowest BCUT2D eigenvalue weighted by molar-refractivity contribution is -0.119. The van der Waals surface area contributed by atoms with Crippen molar-refractivity contribution in [2.45, 2.75) is 31.7 Å². The molecule has 3 rings (SSSR count). The number of aryl methyl sites for hydroxylation is 1. The van der Waals surface area contributed by atoms with Gasteiger partial charge < -0.3 is 10.3 Å². The summed E-state index contributed by atoms with van der Waals surface area (Å²) < 4.78 is 0. The number of rotatable bonds is 6. The van der Waals surface area contributed by atoms with Crippen molar-refractivity contribution in [2.24, 2.45) is 5.92 Å². The van der Waals surface area contributed by atoms with Crippen molar-refractivity contribution < 1.29 is 4.79 Å². The third kappa shape index (κ3) is 4.42. The van der Waals surface area contributed by atoms with Gasteiger partial charge in [0, 0.05) is 4.90 Å². The van der Waals surface area contributed by atoms with Gasteiger partial charge in [-0.3, -0.25) is 4.79 Å². The molecule has 0 aliphatic rings. The average molecular weight is 353 g/mol. The van der Waals surface area contributed by atoms with Crippen molar-refractivity contribution in [3.8, 4) is 0 Å². The standard InChI is InChI=1S/C20H23N3OS/c1-13(2)19(20-21-16-6-4-5-7-17(16)22-20)23-18(24)12-25-15-10-8-14(3)9-11-15/h4-11,13,19H,12H2,1-3H3,(H,21,22)(H,23,24). The predicted octanol–water partition coefficient (Wildman–Crippen LogP) is 4.48. The molecule has 1 aromatic heterocycles. The molecule has 2 aromatic carbocycles. The van der Waals surface area contributed by atoms with E-state index in [1.165, 1.54) is 5.56 Å². The number of benzene rings is 2. The molecule has 0 bridgehead atoms. The fourth-order valence-electron chi connectivity index (χ4n) is 2.67. The van der Waals surface area contributed by atoms with Crippen molar-refractivity contribution in [1.82, 2.24) is 15.3 Å². The van der Waals surface area contributed by atoms with Crippen LogP contribution in [0.5, 0.6) is 0 Å². The molecule has 5 heteroatoms. The van der Waals surface area contributed by atoms with Gasteiger partial charge in [0.15, 0.2) is 0 Å². The highest BCUT2D eigenvalue weighted by atomic mass is 32.2. The Morgan fingerprint density at radius 1 is 1.16 bits per heavy atom. The Morgan fingerprint density at radius 2 is 1.88 bits per heavy atom. The minimum Gasteiger partial charge on any atom is -0.345 e. The summed E-state index contributed by atoms with van der Waals surface area (Å²) in [7, 11) is 0. The Balaban J connectivity index is 1.66. The number of aromatic nitrogens is 2. The molecule has 1 amide bonds. The van der Waals surface area contributed by atoms with Crippen LogP contribution in [0.25, 0.3) is 11.0 Å². The van der Waals surface area contributed by atoms with Gasteiger partial charge in [-0.05, 0) is 37.1 Å². The molecule has 0 spiro atoms. The molecule has 0 aliphatic heterocycles. The smallest absolute Gasteiger partial charge is 0.230 e. The number of nitrogens with zero attached hydrogens (tertiary/aromatic N) is 1. The van der Waals surface area contributed by atoms with Crippen molar-refractivity contribution in [2.75, 3.05) is 5.75 Å². The number of imidazole rings is 1. The minimum atomic E-state index is -0.126. The predicted molar refractivity (Wildman–Crippen MR) is 104 cm³/mol. The lowest BCUT2D eigenvalue weighted by Crippen LogP contribution is -2.33. The summed E-state index contributed by atoms with van der Waals surface area (Å²) in [6.45, 7) is 6.23. The highest BCUT2D eigenvalue weighted by Gasteiger charge is 2.21. The fraction of sp³-hybridized carbons (Fsp3) is 0.300. The van der Waals surface area contributed by atoms with Crippen LogP contribution in [0.1, 0.15) is 31.3 Å². The molecule has 0 fully saturated rings. The third-order valence-electron chi connectivity index (χ3n) is 4.08. The number of amides is 1. The summed E-state index contributed by atoms with van der Waals surface area (Å²) in [5, 5.41) is 3.12. The minimum absolute atomic E-state index is 0.0183. The van der Waals surface area contributed by atoms with Crippen molar-refractivity contribution in [1.29, 1.82) is 0 Å². The van der Waals surface area contributed by atoms with E-state index in [-0.39, 0.29) is 17.9 Å². The molecule has 1 atom stereocenters. The molecule has 4 nitrogen and oxygen atoms in total. The number of carbonyl (C=O) groups is 1. The number of hydrogen-bond acceptors (Lipinski definition) is 3. The SMILES string of the molecule is Cc1ccc(SCC(=O)NC(c2nc3ccccc3[nH]2)C(C)C)cc1. The van der Waals surface area contributed by atoms with Crippen LogP contribution in [0.3, 0.4) is 0 Å². The third-order valence-corrected chi connectivity index (χ3v) is 5.09. The Morgan fingerprint density at radius 3 is 2.56 bits per heavy atom. The van der Waals surface area contributed by atoms with E-state index in [0.717, 1.165) is 21.8 Å². The maximum Gasteiger partial charge on any atom is 0.230 e. The van der Waals surface area contributed by atoms with Crippen LogP contribution in [0, 0.1) is 12.8 Å². The molecule has 0 saturated carbocycles. The van der Waals surface area contributed by atoms with Gasteiger partial charge in [0.1, 0.15) is 5.82 Å². The van der Waals surface area contributed by atoms with Gasteiger partial charge in [0.25, 0.3) is 0 Å². The number of nitrogens with one attached hydrogen (secondary N) is 2. The van der Waals surface area contributed by atoms with Crippen LogP contribution >= 0.6 is 11.8 Å². The summed E-state index contributed by atoms with van der Waals surface area (Å²) >= 11 is 1.55. The number of H-pyrrole nitrogens is 1. The van der Waals surface area contributed by atoms with E-state index >= 15 is 0 Å². The second kappa shape index (κ2) is 7.74. The summed E-state index contributed by atoms with van der Waals surface area (Å²) in [5.74, 6) is 1.47. The van der Waals surface area contributed by atoms with E-state index in [9.17, 15) is 4.79 Å². The summed E-state index contributed by atoms with van der Waals surface area (Å²) in [4.78, 5) is 21.5. The van der Waals surface area contributed by atoms with Crippen LogP contribution < -0.4 is 5.32 Å². The number of fused-ring (bicyclic) bond motifs is 1. The highest BCUT2D eigenvalue weighted by Crippen LogP contribution is 2.23. The number of para-hydroxylation sites is 2. The number of carbonyl (C=O) groups excluding carboxylic acids is 1. The van der Waals surface area contributed by atoms with Crippen LogP contribution in [-0.4, -0.2) is 21.6 Å². The van der Waals surface area contributed by atoms with E-state index in [2.05, 4.69) is 48.2 Å². The van der Waals surface area contributed by atoms with Gasteiger partial charge >= 0.3 is 0 Å². The van der Waals surface area contributed by atoms with E-state index in [1.54, 1.807) is 11.8 Å². The zero-order valence-electron chi connectivity index (χ0n) is 14.7. The van der Waals surface area contributed by atoms with Gasteiger partial charge in [-0.15, -0.1) is 11.8 Å². The molecule has 25 heavy (non-hydrogen) atoms. The first-order chi connectivity index (χ1) is 12.0. The molecule has 3 aromatic rings. The number of hydrogen-bond donors (Lipinski definition) is 2. The molecular formula is C20H23N3OS. The second-order valence-corrected chi connectivity index (χ2v) is 7.58. The van der Waals surface area contributed by atoms with Gasteiger partial charge in [-0.2, -0.15) is 0 Å². The van der Waals surface area contributed by atoms with Gasteiger partial charge in [-0.25, -0.2) is 4.98 Å².